The summed E-state index contributed by atoms with van der Waals surface area (Å²) in [6.45, 7) is 7.71. The van der Waals surface area contributed by atoms with Gasteiger partial charge in [-0.1, -0.05) is 13.8 Å². The molecule has 1 rings (SSSR count). The number of hydrogen-bond donors (Lipinski definition) is 0. The van der Waals surface area contributed by atoms with E-state index in [0.717, 1.165) is 36.6 Å². The summed E-state index contributed by atoms with van der Waals surface area (Å²) in [5.74, 6) is 1.10. The Morgan fingerprint density at radius 2 is 2.13 bits per heavy atom. The predicted octanol–water partition coefficient (Wildman–Crippen LogP) is 2.99. The van der Waals surface area contributed by atoms with Crippen LogP contribution in [0.4, 0.5) is 0 Å². The van der Waals surface area contributed by atoms with Crippen LogP contribution in [0.15, 0.2) is 16.3 Å². The van der Waals surface area contributed by atoms with Crippen molar-refractivity contribution >= 4 is 29.4 Å². The molecule has 0 aliphatic heterocycles. The monoisotopic (exact) mass is 243 g/mol. The zero-order valence-corrected chi connectivity index (χ0v) is 10.9. The first-order valence-electron chi connectivity index (χ1n) is 5.20. The second-order valence-electron chi connectivity index (χ2n) is 3.15. The van der Waals surface area contributed by atoms with Crippen LogP contribution in [-0.4, -0.2) is 36.6 Å². The molecule has 15 heavy (non-hydrogen) atoms. The van der Waals surface area contributed by atoms with Gasteiger partial charge in [-0.3, -0.25) is 4.79 Å². The van der Waals surface area contributed by atoms with Crippen LogP contribution in [0.3, 0.4) is 0 Å². The number of thiophene rings is 1. The average molecular weight is 243 g/mol. The van der Waals surface area contributed by atoms with Gasteiger partial charge < -0.3 is 4.90 Å². The highest BCUT2D eigenvalue weighted by Gasteiger charge is 2.02. The molecule has 0 aliphatic carbocycles. The van der Waals surface area contributed by atoms with Gasteiger partial charge in [-0.2, -0.15) is 0 Å². The van der Waals surface area contributed by atoms with Gasteiger partial charge in [-0.05, 0) is 25.2 Å². The summed E-state index contributed by atoms with van der Waals surface area (Å²) >= 11 is 3.41. The quantitative estimate of drug-likeness (QED) is 0.542. The van der Waals surface area contributed by atoms with Crippen molar-refractivity contribution in [2.45, 2.75) is 18.1 Å². The maximum atomic E-state index is 10.5. The Morgan fingerprint density at radius 1 is 1.40 bits per heavy atom. The van der Waals surface area contributed by atoms with Crippen LogP contribution in [0.25, 0.3) is 0 Å². The molecule has 1 aromatic rings. The number of hydrogen-bond acceptors (Lipinski definition) is 4. The normalized spacial score (nSPS) is 10.9. The van der Waals surface area contributed by atoms with Crippen LogP contribution >= 0.6 is 23.1 Å². The first kappa shape index (κ1) is 12.7. The Morgan fingerprint density at radius 3 is 2.67 bits per heavy atom. The highest BCUT2D eigenvalue weighted by atomic mass is 32.2. The first-order valence-corrected chi connectivity index (χ1v) is 7.00. The van der Waals surface area contributed by atoms with Crippen molar-refractivity contribution in [3.63, 3.8) is 0 Å². The van der Waals surface area contributed by atoms with Gasteiger partial charge in [-0.25, -0.2) is 0 Å². The van der Waals surface area contributed by atoms with Crippen molar-refractivity contribution in [2.24, 2.45) is 0 Å². The molecule has 0 atom stereocenters. The summed E-state index contributed by atoms with van der Waals surface area (Å²) in [4.78, 5) is 13.7. The molecule has 0 spiro atoms. The molecular formula is C11H17NOS2. The van der Waals surface area contributed by atoms with Gasteiger partial charge in [0, 0.05) is 12.3 Å². The Labute approximate surface area is 99.7 Å². The van der Waals surface area contributed by atoms with Crippen LogP contribution in [0, 0.1) is 0 Å². The fourth-order valence-corrected chi connectivity index (χ4v) is 3.33. The number of carbonyl (C=O) groups is 1. The van der Waals surface area contributed by atoms with Crippen molar-refractivity contribution in [1.82, 2.24) is 4.90 Å². The Bertz CT molecular complexity index is 295. The predicted molar refractivity (Wildman–Crippen MR) is 68.2 cm³/mol. The summed E-state index contributed by atoms with van der Waals surface area (Å²) in [5, 5.41) is 0. The van der Waals surface area contributed by atoms with Crippen molar-refractivity contribution in [1.29, 1.82) is 0 Å². The molecule has 0 aliphatic rings. The van der Waals surface area contributed by atoms with Gasteiger partial charge in [0.1, 0.15) is 0 Å². The minimum atomic E-state index is 0.820. The van der Waals surface area contributed by atoms with E-state index in [-0.39, 0.29) is 0 Å². The molecule has 0 amide bonds. The zero-order valence-electron chi connectivity index (χ0n) is 9.23. The molecule has 4 heteroatoms. The van der Waals surface area contributed by atoms with E-state index in [1.807, 2.05) is 23.9 Å². The van der Waals surface area contributed by atoms with Gasteiger partial charge in [0.05, 0.1) is 9.09 Å². The lowest BCUT2D eigenvalue weighted by Gasteiger charge is -2.16. The van der Waals surface area contributed by atoms with Crippen LogP contribution in [-0.2, 0) is 0 Å². The smallest absolute Gasteiger partial charge is 0.160 e. The van der Waals surface area contributed by atoms with Crippen LogP contribution in [0.5, 0.6) is 0 Å². The van der Waals surface area contributed by atoms with E-state index < -0.39 is 0 Å². The maximum Gasteiger partial charge on any atom is 0.160 e. The van der Waals surface area contributed by atoms with Crippen LogP contribution < -0.4 is 0 Å². The molecule has 0 saturated heterocycles. The molecule has 0 fully saturated rings. The highest BCUT2D eigenvalue weighted by Crippen LogP contribution is 2.26. The Kier molecular flexibility index (Phi) is 5.98. The van der Waals surface area contributed by atoms with Gasteiger partial charge in [0.25, 0.3) is 0 Å². The minimum Gasteiger partial charge on any atom is -0.303 e. The van der Waals surface area contributed by atoms with E-state index in [9.17, 15) is 4.79 Å². The molecular weight excluding hydrogens is 226 g/mol. The fourth-order valence-electron chi connectivity index (χ4n) is 1.29. The molecule has 0 radical (unpaired) electrons. The Balaban J connectivity index is 2.27. The third kappa shape index (κ3) is 4.36. The second kappa shape index (κ2) is 7.04. The topological polar surface area (TPSA) is 20.3 Å². The minimum absolute atomic E-state index is 0.820. The Hall–Kier alpha value is -0.320. The number of thioether (sulfide) groups is 1. The van der Waals surface area contributed by atoms with E-state index in [0.29, 0.717) is 0 Å². The molecule has 0 aromatic carbocycles. The van der Waals surface area contributed by atoms with Gasteiger partial charge in [-0.15, -0.1) is 23.1 Å². The number of nitrogens with zero attached hydrogens (tertiary/aromatic N) is 1. The second-order valence-corrected chi connectivity index (χ2v) is 5.66. The number of rotatable bonds is 7. The lowest BCUT2D eigenvalue weighted by Crippen LogP contribution is -2.25. The van der Waals surface area contributed by atoms with Crippen molar-refractivity contribution in [2.75, 3.05) is 25.4 Å². The third-order valence-corrected chi connectivity index (χ3v) is 4.48. The van der Waals surface area contributed by atoms with Crippen LogP contribution in [0.2, 0.25) is 0 Å². The first-order chi connectivity index (χ1) is 7.30. The number of aldehydes is 1. The van der Waals surface area contributed by atoms with Gasteiger partial charge in [0.15, 0.2) is 6.29 Å². The third-order valence-electron chi connectivity index (χ3n) is 2.26. The van der Waals surface area contributed by atoms with Crippen molar-refractivity contribution in [3.8, 4) is 0 Å². The molecule has 0 bridgehead atoms. The summed E-state index contributed by atoms with van der Waals surface area (Å²) in [5.41, 5.74) is 0. The molecule has 0 unspecified atom stereocenters. The van der Waals surface area contributed by atoms with E-state index in [2.05, 4.69) is 18.7 Å². The van der Waals surface area contributed by atoms with Crippen molar-refractivity contribution in [3.05, 3.63) is 17.0 Å². The summed E-state index contributed by atoms with van der Waals surface area (Å²) in [6.07, 6.45) is 0.916. The summed E-state index contributed by atoms with van der Waals surface area (Å²) in [6, 6.07) is 3.92. The zero-order chi connectivity index (χ0) is 11.1. The highest BCUT2D eigenvalue weighted by molar-refractivity contribution is 8.01. The molecule has 0 N–H and O–H groups in total. The van der Waals surface area contributed by atoms with Gasteiger partial charge in [0.2, 0.25) is 0 Å². The lowest BCUT2D eigenvalue weighted by atomic mass is 10.5. The standard InChI is InChI=1S/C11H17NOS2/c1-3-12(4-2)7-8-14-11-6-5-10(9-13)15-11/h5-6,9H,3-4,7-8H2,1-2H3. The SMILES string of the molecule is CCN(CC)CCSc1ccc(C=O)s1. The van der Waals surface area contributed by atoms with E-state index in [1.165, 1.54) is 4.21 Å². The van der Waals surface area contributed by atoms with Crippen LogP contribution in [0.1, 0.15) is 23.5 Å². The van der Waals surface area contributed by atoms with E-state index in [1.54, 1.807) is 11.3 Å². The fraction of sp³-hybridized carbons (Fsp3) is 0.545. The summed E-state index contributed by atoms with van der Waals surface area (Å²) < 4.78 is 1.24. The molecule has 1 heterocycles. The average Bonchev–Trinajstić information content (AvgIpc) is 2.72. The largest absolute Gasteiger partial charge is 0.303 e. The molecule has 2 nitrogen and oxygen atoms in total. The molecule has 1 aromatic heterocycles. The van der Waals surface area contributed by atoms with E-state index in [4.69, 9.17) is 0 Å². The maximum absolute atomic E-state index is 10.5. The van der Waals surface area contributed by atoms with Crippen molar-refractivity contribution < 1.29 is 4.79 Å². The molecule has 84 valence electrons. The number of carbonyl (C=O) groups excluding carboxylic acids is 1. The van der Waals surface area contributed by atoms with Gasteiger partial charge >= 0.3 is 0 Å². The molecule has 0 saturated carbocycles. The summed E-state index contributed by atoms with van der Waals surface area (Å²) in [7, 11) is 0. The lowest BCUT2D eigenvalue weighted by molar-refractivity contribution is 0.112. The van der Waals surface area contributed by atoms with E-state index >= 15 is 0 Å².